The van der Waals surface area contributed by atoms with Gasteiger partial charge in [0.25, 0.3) is 5.91 Å². The van der Waals surface area contributed by atoms with Gasteiger partial charge in [-0.15, -0.1) is 0 Å². The van der Waals surface area contributed by atoms with Crippen LogP contribution in [-0.4, -0.2) is 55.2 Å². The molecule has 1 saturated heterocycles. The molecule has 1 N–H and O–H groups in total. The number of carbonyl (C=O) groups is 3. The third-order valence-corrected chi connectivity index (χ3v) is 6.43. The molecule has 0 aromatic heterocycles. The lowest BCUT2D eigenvalue weighted by molar-refractivity contribution is -0.156. The quantitative estimate of drug-likeness (QED) is 0.666. The van der Waals surface area contributed by atoms with E-state index in [0.717, 1.165) is 24.8 Å². The van der Waals surface area contributed by atoms with Gasteiger partial charge in [-0.3, -0.25) is 9.59 Å². The first-order chi connectivity index (χ1) is 14.9. The lowest BCUT2D eigenvalue weighted by Gasteiger charge is -2.35. The summed E-state index contributed by atoms with van der Waals surface area (Å²) in [6.45, 7) is 2.87. The van der Waals surface area contributed by atoms with E-state index in [1.807, 2.05) is 18.2 Å². The molecule has 2 aliphatic rings. The summed E-state index contributed by atoms with van der Waals surface area (Å²) in [7, 11) is 0. The van der Waals surface area contributed by atoms with Gasteiger partial charge in [0.1, 0.15) is 0 Å². The van der Waals surface area contributed by atoms with Gasteiger partial charge in [-0.05, 0) is 50.3 Å². The molecule has 7 nitrogen and oxygen atoms in total. The number of hydrogen-bond acceptors (Lipinski definition) is 5. The Morgan fingerprint density at radius 2 is 1.84 bits per heavy atom. The molecular weight excluding hydrogens is 420 g/mol. The molecule has 0 unspecified atom stereocenters. The number of hydrogen-bond donors (Lipinski definition) is 1. The number of likely N-dealkylation sites (tertiary alicyclic amines) is 1. The van der Waals surface area contributed by atoms with Crippen molar-refractivity contribution in [1.29, 1.82) is 0 Å². The van der Waals surface area contributed by atoms with E-state index < -0.39 is 5.41 Å². The van der Waals surface area contributed by atoms with E-state index in [4.69, 9.17) is 21.1 Å². The van der Waals surface area contributed by atoms with E-state index in [1.54, 1.807) is 17.9 Å². The van der Waals surface area contributed by atoms with E-state index in [9.17, 15) is 14.4 Å². The van der Waals surface area contributed by atoms with Crippen LogP contribution < -0.4 is 5.32 Å². The van der Waals surface area contributed by atoms with Crippen molar-refractivity contribution < 1.29 is 23.9 Å². The van der Waals surface area contributed by atoms with Crippen LogP contribution in [0.15, 0.2) is 24.3 Å². The van der Waals surface area contributed by atoms with E-state index in [-0.39, 0.29) is 30.6 Å². The highest BCUT2D eigenvalue weighted by Gasteiger charge is 2.43. The summed E-state index contributed by atoms with van der Waals surface area (Å²) in [6.07, 6.45) is 5.32. The second kappa shape index (κ2) is 10.8. The van der Waals surface area contributed by atoms with Crippen LogP contribution in [0.2, 0.25) is 5.02 Å². The zero-order chi connectivity index (χ0) is 22.3. The molecule has 0 spiro atoms. The number of nitrogens with one attached hydrogen (secondary N) is 1. The molecule has 1 aromatic carbocycles. The van der Waals surface area contributed by atoms with Gasteiger partial charge in [0.05, 0.1) is 12.0 Å². The predicted molar refractivity (Wildman–Crippen MR) is 117 cm³/mol. The maximum atomic E-state index is 13.1. The standard InChI is InChI=1S/C23H31ClN2O5/c1-2-30-22(29)26-13-9-19(10-14-26)25-20(27)16-31-21(28)23(11-4-3-5-12-23)17-7-6-8-18(24)15-17/h6-8,15,19H,2-5,9-14,16H2,1H3,(H,25,27). The molecule has 1 aromatic rings. The highest BCUT2D eigenvalue weighted by molar-refractivity contribution is 6.30. The average molecular weight is 451 g/mol. The molecule has 1 aliphatic heterocycles. The van der Waals surface area contributed by atoms with Crippen LogP contribution in [0.1, 0.15) is 57.4 Å². The molecule has 0 radical (unpaired) electrons. The Kier molecular flexibility index (Phi) is 8.18. The number of esters is 1. The minimum Gasteiger partial charge on any atom is -0.455 e. The van der Waals surface area contributed by atoms with Crippen LogP contribution in [0.4, 0.5) is 4.79 Å². The predicted octanol–water partition coefficient (Wildman–Crippen LogP) is 3.82. The molecule has 170 valence electrons. The first kappa shape index (κ1) is 23.4. The summed E-state index contributed by atoms with van der Waals surface area (Å²) in [5.74, 6) is -0.679. The van der Waals surface area contributed by atoms with Gasteiger partial charge in [0.2, 0.25) is 0 Å². The van der Waals surface area contributed by atoms with Gasteiger partial charge in [-0.25, -0.2) is 4.79 Å². The van der Waals surface area contributed by atoms with Crippen molar-refractivity contribution in [1.82, 2.24) is 10.2 Å². The van der Waals surface area contributed by atoms with Crippen LogP contribution in [0.3, 0.4) is 0 Å². The normalized spacial score (nSPS) is 18.8. The van der Waals surface area contributed by atoms with Crippen molar-refractivity contribution in [3.63, 3.8) is 0 Å². The van der Waals surface area contributed by atoms with Crippen molar-refractivity contribution in [2.45, 2.75) is 63.3 Å². The molecule has 0 bridgehead atoms. The van der Waals surface area contributed by atoms with E-state index in [2.05, 4.69) is 5.32 Å². The Bertz CT molecular complexity index is 786. The van der Waals surface area contributed by atoms with Crippen LogP contribution in [0, 0.1) is 0 Å². The topological polar surface area (TPSA) is 84.9 Å². The van der Waals surface area contributed by atoms with Crippen molar-refractivity contribution in [3.8, 4) is 0 Å². The zero-order valence-electron chi connectivity index (χ0n) is 18.0. The summed E-state index contributed by atoms with van der Waals surface area (Å²) >= 11 is 6.17. The monoisotopic (exact) mass is 450 g/mol. The molecule has 31 heavy (non-hydrogen) atoms. The maximum absolute atomic E-state index is 13.1. The first-order valence-corrected chi connectivity index (χ1v) is 11.5. The molecule has 1 aliphatic carbocycles. The van der Waals surface area contributed by atoms with Crippen LogP contribution in [0.5, 0.6) is 0 Å². The molecule has 0 atom stereocenters. The largest absolute Gasteiger partial charge is 0.455 e. The second-order valence-electron chi connectivity index (χ2n) is 8.26. The van der Waals surface area contributed by atoms with Crippen molar-refractivity contribution in [2.24, 2.45) is 0 Å². The molecule has 1 saturated carbocycles. The highest BCUT2D eigenvalue weighted by atomic mass is 35.5. The maximum Gasteiger partial charge on any atom is 0.409 e. The lowest BCUT2D eigenvalue weighted by atomic mass is 9.69. The Morgan fingerprint density at radius 1 is 1.13 bits per heavy atom. The van der Waals surface area contributed by atoms with Gasteiger partial charge in [0.15, 0.2) is 6.61 Å². The Balaban J connectivity index is 1.52. The SMILES string of the molecule is CCOC(=O)N1CCC(NC(=O)COC(=O)C2(c3cccc(Cl)c3)CCCCC2)CC1. The Hall–Kier alpha value is -2.28. The minimum absolute atomic E-state index is 0.0477. The van der Waals surface area contributed by atoms with E-state index in [1.165, 1.54) is 0 Å². The van der Waals surface area contributed by atoms with Crippen LogP contribution in [-0.2, 0) is 24.5 Å². The van der Waals surface area contributed by atoms with Crippen molar-refractivity contribution >= 4 is 29.6 Å². The minimum atomic E-state index is -0.742. The summed E-state index contributed by atoms with van der Waals surface area (Å²) in [5, 5.41) is 3.50. The van der Waals surface area contributed by atoms with Crippen LogP contribution >= 0.6 is 11.6 Å². The lowest BCUT2D eigenvalue weighted by Crippen LogP contribution is -2.48. The molecule has 1 heterocycles. The number of carbonyl (C=O) groups excluding carboxylic acids is 3. The van der Waals surface area contributed by atoms with Gasteiger partial charge in [-0.2, -0.15) is 0 Å². The molecule has 2 amide bonds. The fourth-order valence-electron chi connectivity index (χ4n) is 4.51. The fourth-order valence-corrected chi connectivity index (χ4v) is 4.70. The number of piperidine rings is 1. The van der Waals surface area contributed by atoms with Gasteiger partial charge < -0.3 is 19.7 Å². The fraction of sp³-hybridized carbons (Fsp3) is 0.609. The van der Waals surface area contributed by atoms with Crippen molar-refractivity contribution in [2.75, 3.05) is 26.3 Å². The Labute approximate surface area is 188 Å². The number of ether oxygens (including phenoxy) is 2. The zero-order valence-corrected chi connectivity index (χ0v) is 18.8. The molecule has 3 rings (SSSR count). The second-order valence-corrected chi connectivity index (χ2v) is 8.69. The highest BCUT2D eigenvalue weighted by Crippen LogP contribution is 2.41. The number of amides is 2. The molecule has 8 heteroatoms. The summed E-state index contributed by atoms with van der Waals surface area (Å²) < 4.78 is 10.5. The van der Waals surface area contributed by atoms with Gasteiger partial charge in [0, 0.05) is 24.2 Å². The third kappa shape index (κ3) is 5.91. The van der Waals surface area contributed by atoms with Gasteiger partial charge in [-0.1, -0.05) is 43.0 Å². The number of rotatable bonds is 6. The summed E-state index contributed by atoms with van der Waals surface area (Å²) in [4.78, 5) is 38.9. The number of nitrogens with zero attached hydrogens (tertiary/aromatic N) is 1. The van der Waals surface area contributed by atoms with Crippen LogP contribution in [0.25, 0.3) is 0 Å². The number of benzene rings is 1. The van der Waals surface area contributed by atoms with Gasteiger partial charge >= 0.3 is 12.1 Å². The van der Waals surface area contributed by atoms with E-state index >= 15 is 0 Å². The van der Waals surface area contributed by atoms with E-state index in [0.29, 0.717) is 50.4 Å². The average Bonchev–Trinajstić information content (AvgIpc) is 2.78. The first-order valence-electron chi connectivity index (χ1n) is 11.1. The van der Waals surface area contributed by atoms with Crippen molar-refractivity contribution in [3.05, 3.63) is 34.9 Å². The number of halogens is 1. The Morgan fingerprint density at radius 3 is 2.48 bits per heavy atom. The smallest absolute Gasteiger partial charge is 0.409 e. The molecular formula is C23H31ClN2O5. The third-order valence-electron chi connectivity index (χ3n) is 6.20. The molecule has 2 fully saturated rings. The summed E-state index contributed by atoms with van der Waals surface area (Å²) in [6, 6.07) is 7.32. The summed E-state index contributed by atoms with van der Waals surface area (Å²) in [5.41, 5.74) is 0.116.